The Kier molecular flexibility index (Phi) is 19.4. The van der Waals surface area contributed by atoms with Crippen LogP contribution in [0.2, 0.25) is 0 Å². The smallest absolute Gasteiger partial charge is 0.406 e. The lowest BCUT2D eigenvalue weighted by Crippen LogP contribution is -2.37. The molecule has 1 N–H and O–H groups in total. The molecule has 0 aliphatic carbocycles. The first-order chi connectivity index (χ1) is 38.4. The Balaban J connectivity index is 0.000000177. The van der Waals surface area contributed by atoms with Crippen LogP contribution in [0.5, 0.6) is 17.2 Å². The first-order valence-corrected chi connectivity index (χ1v) is 24.2. The average molecular weight is 1220 g/mol. The van der Waals surface area contributed by atoms with Crippen LogP contribution in [0, 0.1) is 0 Å². The quantitative estimate of drug-likeness (QED) is 0.0591. The van der Waals surface area contributed by atoms with Gasteiger partial charge in [-0.15, -0.1) is 54.8 Å². The zero-order valence-electron chi connectivity index (χ0n) is 40.8. The molecule has 0 aliphatic heterocycles. The predicted molar refractivity (Wildman–Crippen MR) is 274 cm³/mol. The molecular formula is C52H36BrF12N11O4S. The van der Waals surface area contributed by atoms with E-state index >= 15 is 0 Å². The third-order valence-electron chi connectivity index (χ3n) is 10.5. The summed E-state index contributed by atoms with van der Waals surface area (Å²) in [6.45, 7) is 0.419. The number of carbonyl (C=O) groups is 1. The molecule has 0 radical (unpaired) electrons. The molecular weight excluding hydrogens is 1180 g/mol. The fourth-order valence-corrected chi connectivity index (χ4v) is 7.21. The fraction of sp³-hybridized carbons (Fsp3) is 0.154. The summed E-state index contributed by atoms with van der Waals surface area (Å²) in [5.74, 6) is -1.56. The Labute approximate surface area is 463 Å². The van der Waals surface area contributed by atoms with Crippen molar-refractivity contribution in [3.05, 3.63) is 180 Å². The number of ether oxygens (including phenoxy) is 3. The Morgan fingerprint density at radius 3 is 1.12 bits per heavy atom. The van der Waals surface area contributed by atoms with Crippen LogP contribution >= 0.6 is 28.1 Å². The third kappa shape index (κ3) is 18.9. The van der Waals surface area contributed by atoms with Crippen LogP contribution in [0.15, 0.2) is 174 Å². The number of nitrogens with zero attached hydrogens (tertiary/aromatic N) is 10. The number of aliphatic imine (C=N–C) groups is 1. The maximum absolute atomic E-state index is 12.2. The first-order valence-electron chi connectivity index (χ1n) is 23.0. The summed E-state index contributed by atoms with van der Waals surface area (Å²) in [6, 6.07) is 37.7. The molecule has 0 saturated heterocycles. The van der Waals surface area contributed by atoms with Crippen molar-refractivity contribution in [1.82, 2.24) is 49.6 Å². The Morgan fingerprint density at radius 1 is 0.494 bits per heavy atom. The standard InChI is InChI=1S/C19H14F6N4O2.C18H13F3N4OS.C15H9BrF3N3O/c20-18(21,22)17(30)26-10-9-12-1-3-13(4-2-12)16-27-11-29(28-16)14-5-7-15(8-6-14)31-19(23,24)25;19-18(20,21)26-16-7-5-15(6-8-16)25-11-23-17(24-25)14-3-1-13(2-4-14)9-10-22-12-27;16-11-3-1-10(2-4-11)14-20-9-22(21-14)12-5-7-13(8-6-12)23-15(17,18)19/h1-8,11H,9-10H2,(H,26,30);1-8,11H,9-10H2;1-9H. The van der Waals surface area contributed by atoms with E-state index in [2.05, 4.69) is 82.8 Å². The summed E-state index contributed by atoms with van der Waals surface area (Å²) in [4.78, 5) is 27.2. The molecule has 0 saturated carbocycles. The number of amides is 1. The zero-order chi connectivity index (χ0) is 58.4. The molecule has 15 nitrogen and oxygen atoms in total. The molecule has 29 heteroatoms. The number of alkyl halides is 12. The van der Waals surface area contributed by atoms with Gasteiger partial charge in [-0.05, 0) is 121 Å². The van der Waals surface area contributed by atoms with Crippen LogP contribution in [0.3, 0.4) is 0 Å². The van der Waals surface area contributed by atoms with E-state index in [0.717, 1.165) is 39.7 Å². The van der Waals surface area contributed by atoms with Crippen molar-refractivity contribution < 1.29 is 71.7 Å². The Hall–Kier alpha value is -8.95. The molecule has 3 aromatic heterocycles. The van der Waals surface area contributed by atoms with Gasteiger partial charge in [0.05, 0.1) is 28.8 Å². The van der Waals surface area contributed by atoms with Gasteiger partial charge in [0.25, 0.3) is 0 Å². The zero-order valence-corrected chi connectivity index (χ0v) is 43.2. The molecule has 0 bridgehead atoms. The molecule has 81 heavy (non-hydrogen) atoms. The molecule has 0 spiro atoms. The molecule has 420 valence electrons. The second-order valence-corrected chi connectivity index (χ2v) is 17.4. The van der Waals surface area contributed by atoms with Crippen molar-refractivity contribution in [3.63, 3.8) is 0 Å². The number of benzene rings is 6. The van der Waals surface area contributed by atoms with Gasteiger partial charge >= 0.3 is 31.2 Å². The summed E-state index contributed by atoms with van der Waals surface area (Å²) >= 11 is 7.88. The van der Waals surface area contributed by atoms with E-state index < -0.39 is 31.2 Å². The largest absolute Gasteiger partial charge is 0.573 e. The van der Waals surface area contributed by atoms with Gasteiger partial charge in [0.2, 0.25) is 0 Å². The molecule has 3 heterocycles. The molecule has 0 aliphatic rings. The number of carbonyl (C=O) groups excluding carboxylic acids is 1. The summed E-state index contributed by atoms with van der Waals surface area (Å²) in [5.41, 5.74) is 5.70. The van der Waals surface area contributed by atoms with Crippen LogP contribution in [0.1, 0.15) is 11.1 Å². The van der Waals surface area contributed by atoms with E-state index in [9.17, 15) is 57.5 Å². The normalized spacial score (nSPS) is 11.5. The minimum atomic E-state index is -4.92. The van der Waals surface area contributed by atoms with Gasteiger partial charge in [-0.25, -0.2) is 34.0 Å². The number of aromatic nitrogens is 9. The molecule has 0 unspecified atom stereocenters. The number of hydrogen-bond acceptors (Lipinski definition) is 12. The van der Waals surface area contributed by atoms with Gasteiger partial charge in [-0.2, -0.15) is 13.2 Å². The van der Waals surface area contributed by atoms with E-state index in [0.29, 0.717) is 52.2 Å². The van der Waals surface area contributed by atoms with Gasteiger partial charge < -0.3 is 19.5 Å². The van der Waals surface area contributed by atoms with Crippen LogP contribution in [0.25, 0.3) is 51.2 Å². The van der Waals surface area contributed by atoms with Gasteiger partial charge in [0.1, 0.15) is 36.2 Å². The minimum Gasteiger partial charge on any atom is -0.406 e. The monoisotopic (exact) mass is 1220 g/mol. The van der Waals surface area contributed by atoms with E-state index in [1.807, 2.05) is 48.5 Å². The lowest BCUT2D eigenvalue weighted by Gasteiger charge is -2.09. The Morgan fingerprint density at radius 2 is 0.815 bits per heavy atom. The number of halogens is 13. The van der Waals surface area contributed by atoms with Crippen molar-refractivity contribution in [3.8, 4) is 68.5 Å². The number of isothiocyanates is 1. The fourth-order valence-electron chi connectivity index (χ4n) is 6.85. The van der Waals surface area contributed by atoms with Crippen molar-refractivity contribution in [2.24, 2.45) is 4.99 Å². The number of nitrogens with one attached hydrogen (secondary N) is 1. The maximum Gasteiger partial charge on any atom is 0.573 e. The van der Waals surface area contributed by atoms with Gasteiger partial charge in [0, 0.05) is 27.7 Å². The molecule has 0 fully saturated rings. The Bertz CT molecular complexity index is 3510. The summed E-state index contributed by atoms with van der Waals surface area (Å²) in [6.07, 6.45) is -13.8. The molecule has 6 aromatic carbocycles. The third-order valence-corrected chi connectivity index (χ3v) is 11.2. The average Bonchev–Trinajstić information content (AvgIpc) is 4.25. The van der Waals surface area contributed by atoms with Crippen LogP contribution in [-0.4, -0.2) is 93.7 Å². The summed E-state index contributed by atoms with van der Waals surface area (Å²) in [5, 5.41) is 17.1. The highest BCUT2D eigenvalue weighted by Gasteiger charge is 2.38. The molecule has 0 atom stereocenters. The minimum absolute atomic E-state index is 0.168. The summed E-state index contributed by atoms with van der Waals surface area (Å²) in [7, 11) is 0. The number of thiocarbonyl (C=S) groups is 1. The van der Waals surface area contributed by atoms with Gasteiger partial charge in [0.15, 0.2) is 17.5 Å². The highest BCUT2D eigenvalue weighted by atomic mass is 79.9. The molecule has 9 rings (SSSR count). The highest BCUT2D eigenvalue weighted by Crippen LogP contribution is 2.28. The van der Waals surface area contributed by atoms with Crippen molar-refractivity contribution >= 4 is 39.2 Å². The lowest BCUT2D eigenvalue weighted by molar-refractivity contribution is -0.275. The van der Waals surface area contributed by atoms with E-state index in [4.69, 9.17) is 0 Å². The molecule has 9 aromatic rings. The van der Waals surface area contributed by atoms with Crippen LogP contribution in [0.4, 0.5) is 52.7 Å². The van der Waals surface area contributed by atoms with Gasteiger partial charge in [-0.3, -0.25) is 4.79 Å². The van der Waals surface area contributed by atoms with Crippen molar-refractivity contribution in [1.29, 1.82) is 0 Å². The second kappa shape index (κ2) is 26.3. The molecule has 1 amide bonds. The first kappa shape index (κ1) is 59.7. The maximum atomic E-state index is 12.2. The van der Waals surface area contributed by atoms with Crippen molar-refractivity contribution in [2.75, 3.05) is 13.1 Å². The van der Waals surface area contributed by atoms with E-state index in [1.165, 1.54) is 93.7 Å². The lowest BCUT2D eigenvalue weighted by atomic mass is 10.1. The van der Waals surface area contributed by atoms with Crippen LogP contribution in [-0.2, 0) is 17.6 Å². The highest BCUT2D eigenvalue weighted by molar-refractivity contribution is 9.10. The topological polar surface area (TPSA) is 161 Å². The summed E-state index contributed by atoms with van der Waals surface area (Å²) < 4.78 is 163. The van der Waals surface area contributed by atoms with Crippen LogP contribution < -0.4 is 19.5 Å². The van der Waals surface area contributed by atoms with Gasteiger partial charge in [-0.1, -0.05) is 76.6 Å². The SMILES string of the molecule is FC(F)(F)Oc1ccc(-n2cnc(-c3ccc(Br)cc3)n2)cc1.FC(F)(F)Oc1ccc(-n2cnc(-c3ccc(CCN=C=S)cc3)n2)cc1.O=C(NCCc1ccc(-c2ncn(-c3ccc(OC(F)(F)F)cc3)n2)cc1)C(F)(F)F. The number of rotatable bonds is 15. The second-order valence-electron chi connectivity index (χ2n) is 16.3. The predicted octanol–water partition coefficient (Wildman–Crippen LogP) is 13.1. The number of hydrogen-bond donors (Lipinski definition) is 1. The van der Waals surface area contributed by atoms with Crippen molar-refractivity contribution in [2.45, 2.75) is 38.1 Å². The van der Waals surface area contributed by atoms with E-state index in [1.54, 1.807) is 29.6 Å². The van der Waals surface area contributed by atoms with E-state index in [-0.39, 0.29) is 30.2 Å².